The van der Waals surface area contributed by atoms with Crippen LogP contribution in [0.1, 0.15) is 16.1 Å². The van der Waals surface area contributed by atoms with Gasteiger partial charge in [-0.15, -0.1) is 11.3 Å². The smallest absolute Gasteiger partial charge is 0.291 e. The standard InChI is InChI=1S/C20H16N2O4S3/c1-27-20-22-16-8-7-14(11-17(16)28-20)21-19(23)18-13(9-10-26-18)12-29(24,25)15-5-3-2-4-6-15/h2-11H,12H2,1H3,(H,21,23). The van der Waals surface area contributed by atoms with Gasteiger partial charge in [0.1, 0.15) is 0 Å². The lowest BCUT2D eigenvalue weighted by Gasteiger charge is -2.06. The fourth-order valence-electron chi connectivity index (χ4n) is 2.82. The van der Waals surface area contributed by atoms with Crippen molar-refractivity contribution in [1.29, 1.82) is 0 Å². The van der Waals surface area contributed by atoms with Gasteiger partial charge in [0.25, 0.3) is 5.91 Å². The number of anilines is 1. The highest BCUT2D eigenvalue weighted by Crippen LogP contribution is 2.30. The van der Waals surface area contributed by atoms with Crippen molar-refractivity contribution < 1.29 is 17.6 Å². The summed E-state index contributed by atoms with van der Waals surface area (Å²) in [4.78, 5) is 17.4. The maximum Gasteiger partial charge on any atom is 0.291 e. The van der Waals surface area contributed by atoms with Crippen LogP contribution in [-0.2, 0) is 15.6 Å². The molecule has 0 bridgehead atoms. The Morgan fingerprint density at radius 2 is 1.97 bits per heavy atom. The molecule has 1 N–H and O–H groups in total. The zero-order valence-electron chi connectivity index (χ0n) is 15.3. The molecule has 9 heteroatoms. The van der Waals surface area contributed by atoms with E-state index in [2.05, 4.69) is 10.3 Å². The van der Waals surface area contributed by atoms with Crippen molar-refractivity contribution in [3.8, 4) is 0 Å². The second-order valence-corrected chi connectivity index (χ2v) is 10.2. The molecule has 4 aromatic rings. The monoisotopic (exact) mass is 444 g/mol. The summed E-state index contributed by atoms with van der Waals surface area (Å²) in [7, 11) is -3.59. The largest absolute Gasteiger partial charge is 0.459 e. The van der Waals surface area contributed by atoms with Gasteiger partial charge in [0.2, 0.25) is 0 Å². The molecule has 148 valence electrons. The number of aromatic nitrogens is 1. The van der Waals surface area contributed by atoms with Crippen molar-refractivity contribution in [1.82, 2.24) is 4.98 Å². The summed E-state index contributed by atoms with van der Waals surface area (Å²) < 4.78 is 32.5. The van der Waals surface area contributed by atoms with Crippen molar-refractivity contribution in [2.75, 3.05) is 11.6 Å². The third-order valence-corrected chi connectivity index (χ3v) is 7.89. The molecule has 0 spiro atoms. The van der Waals surface area contributed by atoms with Gasteiger partial charge in [-0.25, -0.2) is 13.4 Å². The number of rotatable bonds is 6. The number of amides is 1. The number of carbonyl (C=O) groups is 1. The van der Waals surface area contributed by atoms with E-state index < -0.39 is 15.7 Å². The van der Waals surface area contributed by atoms with Crippen molar-refractivity contribution in [3.63, 3.8) is 0 Å². The van der Waals surface area contributed by atoms with Crippen LogP contribution in [0.5, 0.6) is 0 Å². The Morgan fingerprint density at radius 1 is 1.17 bits per heavy atom. The first-order valence-electron chi connectivity index (χ1n) is 8.56. The maximum atomic E-state index is 12.7. The average Bonchev–Trinajstić information content (AvgIpc) is 3.34. The second kappa shape index (κ2) is 8.02. The molecule has 1 amide bonds. The molecule has 0 aliphatic heterocycles. The third-order valence-electron chi connectivity index (χ3n) is 4.20. The van der Waals surface area contributed by atoms with Gasteiger partial charge in [0, 0.05) is 11.3 Å². The zero-order chi connectivity index (χ0) is 20.4. The first kappa shape index (κ1) is 19.7. The van der Waals surface area contributed by atoms with Crippen LogP contribution in [0.25, 0.3) is 10.2 Å². The van der Waals surface area contributed by atoms with E-state index in [1.54, 1.807) is 47.4 Å². The lowest BCUT2D eigenvalue weighted by molar-refractivity contribution is 0.0996. The van der Waals surface area contributed by atoms with Crippen molar-refractivity contribution >= 4 is 54.7 Å². The number of carbonyl (C=O) groups excluding carboxylic acids is 1. The number of fused-ring (bicyclic) bond motifs is 1. The van der Waals surface area contributed by atoms with E-state index in [0.29, 0.717) is 11.3 Å². The number of benzene rings is 2. The third kappa shape index (κ3) is 4.21. The average molecular weight is 445 g/mol. The maximum absolute atomic E-state index is 12.7. The number of nitrogens with one attached hydrogen (secondary N) is 1. The van der Waals surface area contributed by atoms with Gasteiger partial charge < -0.3 is 9.73 Å². The summed E-state index contributed by atoms with van der Waals surface area (Å²) >= 11 is 3.11. The highest BCUT2D eigenvalue weighted by Gasteiger charge is 2.22. The molecule has 2 heterocycles. The van der Waals surface area contributed by atoms with E-state index in [1.165, 1.54) is 24.5 Å². The van der Waals surface area contributed by atoms with Crippen LogP contribution in [0.15, 0.2) is 74.5 Å². The van der Waals surface area contributed by atoms with Crippen LogP contribution < -0.4 is 5.32 Å². The van der Waals surface area contributed by atoms with E-state index in [9.17, 15) is 13.2 Å². The molecule has 0 unspecified atom stereocenters. The molecule has 0 aliphatic carbocycles. The van der Waals surface area contributed by atoms with Gasteiger partial charge in [-0.3, -0.25) is 4.79 Å². The first-order chi connectivity index (χ1) is 14.0. The molecule has 4 rings (SSSR count). The summed E-state index contributed by atoms with van der Waals surface area (Å²) in [6.07, 6.45) is 3.28. The van der Waals surface area contributed by atoms with Gasteiger partial charge in [-0.05, 0) is 42.7 Å². The number of furan rings is 1. The molecule has 29 heavy (non-hydrogen) atoms. The first-order valence-corrected chi connectivity index (χ1v) is 12.3. The predicted octanol–water partition coefficient (Wildman–Crippen LogP) is 4.84. The predicted molar refractivity (Wildman–Crippen MR) is 115 cm³/mol. The molecule has 0 radical (unpaired) electrons. The Balaban J connectivity index is 1.55. The summed E-state index contributed by atoms with van der Waals surface area (Å²) in [6.45, 7) is 0. The Kier molecular flexibility index (Phi) is 5.44. The quantitative estimate of drug-likeness (QED) is 0.428. The minimum absolute atomic E-state index is 0.0151. The van der Waals surface area contributed by atoms with Crippen molar-refractivity contribution in [3.05, 3.63) is 72.2 Å². The Morgan fingerprint density at radius 3 is 2.72 bits per heavy atom. The SMILES string of the molecule is CSc1nc2ccc(NC(=O)c3occc3CS(=O)(=O)c3ccccc3)cc2s1. The van der Waals surface area contributed by atoms with Crippen molar-refractivity contribution in [2.24, 2.45) is 0 Å². The van der Waals surface area contributed by atoms with E-state index in [-0.39, 0.29) is 16.4 Å². The normalized spacial score (nSPS) is 11.6. The molecule has 0 aliphatic rings. The van der Waals surface area contributed by atoms with Crippen LogP contribution in [-0.4, -0.2) is 25.6 Å². The van der Waals surface area contributed by atoms with E-state index >= 15 is 0 Å². The summed E-state index contributed by atoms with van der Waals surface area (Å²) in [5, 5.41) is 2.77. The van der Waals surface area contributed by atoms with Crippen LogP contribution in [0.4, 0.5) is 5.69 Å². The lowest BCUT2D eigenvalue weighted by atomic mass is 10.2. The molecule has 0 saturated carbocycles. The molecular formula is C20H16N2O4S3. The fourth-order valence-corrected chi connectivity index (χ4v) is 5.72. The Labute approximate surface area is 175 Å². The number of sulfone groups is 1. The summed E-state index contributed by atoms with van der Waals surface area (Å²) in [5.41, 5.74) is 1.77. The summed E-state index contributed by atoms with van der Waals surface area (Å²) in [5.74, 6) is -0.831. The van der Waals surface area contributed by atoms with E-state index in [1.807, 2.05) is 18.4 Å². The second-order valence-electron chi connectivity index (χ2n) is 6.17. The summed E-state index contributed by atoms with van der Waals surface area (Å²) in [6, 6.07) is 15.1. The number of thioether (sulfide) groups is 1. The van der Waals surface area contributed by atoms with Gasteiger partial charge in [0.15, 0.2) is 19.9 Å². The molecule has 2 aromatic heterocycles. The Bertz CT molecular complexity index is 1280. The van der Waals surface area contributed by atoms with Gasteiger partial charge in [-0.2, -0.15) is 0 Å². The van der Waals surface area contributed by atoms with Crippen LogP contribution in [0.2, 0.25) is 0 Å². The molecule has 0 atom stereocenters. The molecule has 0 saturated heterocycles. The van der Waals surface area contributed by atoms with Crippen molar-refractivity contribution in [2.45, 2.75) is 15.0 Å². The number of nitrogens with zero attached hydrogens (tertiary/aromatic N) is 1. The van der Waals surface area contributed by atoms with Gasteiger partial charge >= 0.3 is 0 Å². The van der Waals surface area contributed by atoms with E-state index in [4.69, 9.17) is 4.42 Å². The van der Waals surface area contributed by atoms with E-state index in [0.717, 1.165) is 14.6 Å². The molecule has 6 nitrogen and oxygen atoms in total. The van der Waals surface area contributed by atoms with Gasteiger partial charge in [-0.1, -0.05) is 30.0 Å². The number of hydrogen-bond donors (Lipinski definition) is 1. The minimum Gasteiger partial charge on any atom is -0.459 e. The minimum atomic E-state index is -3.59. The van der Waals surface area contributed by atoms with Gasteiger partial charge in [0.05, 0.1) is 27.1 Å². The lowest BCUT2D eigenvalue weighted by Crippen LogP contribution is -2.14. The Hall–Kier alpha value is -2.62. The topological polar surface area (TPSA) is 89.3 Å². The number of thiazole rings is 1. The highest BCUT2D eigenvalue weighted by atomic mass is 32.2. The fraction of sp³-hybridized carbons (Fsp3) is 0.100. The highest BCUT2D eigenvalue weighted by molar-refractivity contribution is 8.00. The molecule has 0 fully saturated rings. The van der Waals surface area contributed by atoms with Crippen LogP contribution in [0.3, 0.4) is 0 Å². The molecular weight excluding hydrogens is 428 g/mol. The molecule has 2 aromatic carbocycles. The van der Waals surface area contributed by atoms with Crippen LogP contribution in [0, 0.1) is 0 Å². The van der Waals surface area contributed by atoms with Crippen LogP contribution >= 0.6 is 23.1 Å². The number of hydrogen-bond acceptors (Lipinski definition) is 7. The zero-order valence-corrected chi connectivity index (χ0v) is 17.7.